The summed E-state index contributed by atoms with van der Waals surface area (Å²) in [4.78, 5) is 10.1. The Hall–Kier alpha value is -0.830. The number of allylic oxidation sites excluding steroid dienone is 1. The van der Waals surface area contributed by atoms with Crippen LogP contribution in [0.15, 0.2) is 11.6 Å². The molecule has 1 atom stereocenters. The Kier molecular flexibility index (Phi) is 2.95. The van der Waals surface area contributed by atoms with Crippen LogP contribution in [0.3, 0.4) is 0 Å². The fraction of sp³-hybridized carbons (Fsp3) is 0.500. The number of hydrogen-bond acceptors (Lipinski definition) is 2. The lowest BCUT2D eigenvalue weighted by molar-refractivity contribution is -0.137. The first-order chi connectivity index (χ1) is 4.09. The summed E-state index contributed by atoms with van der Waals surface area (Å²) in [5, 5.41) is 8.32. The van der Waals surface area contributed by atoms with Gasteiger partial charge >= 0.3 is 5.97 Å². The minimum atomic E-state index is -0.981. The van der Waals surface area contributed by atoms with Crippen molar-refractivity contribution in [3.05, 3.63) is 11.6 Å². The average Bonchev–Trinajstić information content (AvgIpc) is 1.84. The van der Waals surface area contributed by atoms with Crippen molar-refractivity contribution in [2.45, 2.75) is 19.9 Å². The SMILES string of the molecule is C/C=C(\C)[C@@H](N)C(=O)O. The molecule has 0 aliphatic rings. The van der Waals surface area contributed by atoms with E-state index in [9.17, 15) is 4.79 Å². The second kappa shape index (κ2) is 3.25. The van der Waals surface area contributed by atoms with Crippen LogP contribution in [0.25, 0.3) is 0 Å². The van der Waals surface area contributed by atoms with E-state index in [2.05, 4.69) is 0 Å². The van der Waals surface area contributed by atoms with Gasteiger partial charge in [-0.15, -0.1) is 0 Å². The smallest absolute Gasteiger partial charge is 0.324 e. The van der Waals surface area contributed by atoms with Crippen molar-refractivity contribution in [2.75, 3.05) is 0 Å². The molecule has 0 aliphatic carbocycles. The van der Waals surface area contributed by atoms with Gasteiger partial charge in [0.2, 0.25) is 0 Å². The summed E-state index contributed by atoms with van der Waals surface area (Å²) in [5.74, 6) is -0.981. The van der Waals surface area contributed by atoms with Crippen LogP contribution < -0.4 is 5.73 Å². The number of hydrogen-bond donors (Lipinski definition) is 2. The van der Waals surface area contributed by atoms with Gasteiger partial charge in [0.25, 0.3) is 0 Å². The lowest BCUT2D eigenvalue weighted by Crippen LogP contribution is -2.30. The van der Waals surface area contributed by atoms with Crippen LogP contribution in [0, 0.1) is 0 Å². The Bertz CT molecular complexity index is 140. The van der Waals surface area contributed by atoms with Crippen LogP contribution in [0.2, 0.25) is 0 Å². The number of nitrogens with two attached hydrogens (primary N) is 1. The van der Waals surface area contributed by atoms with E-state index in [1.54, 1.807) is 19.9 Å². The molecule has 0 aromatic carbocycles. The highest BCUT2D eigenvalue weighted by atomic mass is 16.4. The van der Waals surface area contributed by atoms with Gasteiger partial charge in [-0.05, 0) is 19.4 Å². The van der Waals surface area contributed by atoms with Gasteiger partial charge in [-0.25, -0.2) is 0 Å². The first-order valence-electron chi connectivity index (χ1n) is 2.70. The summed E-state index contributed by atoms with van der Waals surface area (Å²) in [7, 11) is 0. The van der Waals surface area contributed by atoms with Gasteiger partial charge < -0.3 is 10.8 Å². The zero-order valence-corrected chi connectivity index (χ0v) is 5.59. The highest BCUT2D eigenvalue weighted by molar-refractivity contribution is 5.76. The third-order valence-electron chi connectivity index (χ3n) is 1.21. The van der Waals surface area contributed by atoms with E-state index in [4.69, 9.17) is 10.8 Å². The molecule has 0 aromatic heterocycles. The molecular formula is C6H11NO2. The summed E-state index contributed by atoms with van der Waals surface area (Å²) in [6.07, 6.45) is 1.69. The van der Waals surface area contributed by atoms with Gasteiger partial charge in [-0.1, -0.05) is 6.08 Å². The minimum Gasteiger partial charge on any atom is -0.480 e. The molecular weight excluding hydrogens is 118 g/mol. The van der Waals surface area contributed by atoms with Crippen LogP contribution in [0.4, 0.5) is 0 Å². The monoisotopic (exact) mass is 129 g/mol. The fourth-order valence-electron chi connectivity index (χ4n) is 0.374. The second-order valence-corrected chi connectivity index (χ2v) is 1.85. The third kappa shape index (κ3) is 2.28. The molecule has 0 radical (unpaired) electrons. The molecule has 3 N–H and O–H groups in total. The van der Waals surface area contributed by atoms with Gasteiger partial charge in [0, 0.05) is 0 Å². The zero-order valence-electron chi connectivity index (χ0n) is 5.59. The van der Waals surface area contributed by atoms with Gasteiger partial charge in [0.1, 0.15) is 6.04 Å². The molecule has 0 aliphatic heterocycles. The van der Waals surface area contributed by atoms with E-state index in [-0.39, 0.29) is 0 Å². The number of carboxylic acid groups (broad SMARTS) is 1. The molecule has 3 heteroatoms. The van der Waals surface area contributed by atoms with E-state index in [0.717, 1.165) is 0 Å². The maximum atomic E-state index is 10.1. The van der Waals surface area contributed by atoms with Gasteiger partial charge in [0.15, 0.2) is 0 Å². The molecule has 0 spiro atoms. The van der Waals surface area contributed by atoms with Crippen LogP contribution in [-0.2, 0) is 4.79 Å². The molecule has 0 heterocycles. The van der Waals surface area contributed by atoms with Crippen molar-refractivity contribution in [1.82, 2.24) is 0 Å². The molecule has 0 amide bonds. The summed E-state index contributed by atoms with van der Waals surface area (Å²) in [5.41, 5.74) is 5.89. The number of carboxylic acids is 1. The molecule has 52 valence electrons. The molecule has 0 fully saturated rings. The molecule has 0 bridgehead atoms. The molecule has 0 saturated heterocycles. The summed E-state index contributed by atoms with van der Waals surface area (Å²) >= 11 is 0. The molecule has 3 nitrogen and oxygen atoms in total. The highest BCUT2D eigenvalue weighted by Gasteiger charge is 2.11. The second-order valence-electron chi connectivity index (χ2n) is 1.85. The zero-order chi connectivity index (χ0) is 7.44. The minimum absolute atomic E-state index is 0.683. The molecule has 9 heavy (non-hydrogen) atoms. The van der Waals surface area contributed by atoms with Crippen LogP contribution in [0.1, 0.15) is 13.8 Å². The fourth-order valence-corrected chi connectivity index (χ4v) is 0.374. The lowest BCUT2D eigenvalue weighted by atomic mass is 10.1. The largest absolute Gasteiger partial charge is 0.480 e. The van der Waals surface area contributed by atoms with E-state index >= 15 is 0 Å². The standard InChI is InChI=1S/C6H11NO2/c1-3-4(2)5(7)6(8)9/h3,5H,7H2,1-2H3,(H,8,9)/b4-3+/t5-/m1/s1. The van der Waals surface area contributed by atoms with Gasteiger partial charge in [-0.2, -0.15) is 0 Å². The van der Waals surface area contributed by atoms with Crippen molar-refractivity contribution in [2.24, 2.45) is 5.73 Å². The number of aliphatic carboxylic acids is 1. The molecule has 0 saturated carbocycles. The van der Waals surface area contributed by atoms with Crippen molar-refractivity contribution < 1.29 is 9.90 Å². The highest BCUT2D eigenvalue weighted by Crippen LogP contribution is 1.96. The number of rotatable bonds is 2. The van der Waals surface area contributed by atoms with Crippen LogP contribution in [-0.4, -0.2) is 17.1 Å². The summed E-state index contributed by atoms with van der Waals surface area (Å²) < 4.78 is 0. The number of carbonyl (C=O) groups is 1. The Morgan fingerprint density at radius 1 is 1.78 bits per heavy atom. The van der Waals surface area contributed by atoms with Crippen LogP contribution in [0.5, 0.6) is 0 Å². The van der Waals surface area contributed by atoms with E-state index in [0.29, 0.717) is 5.57 Å². The Labute approximate surface area is 54.2 Å². The first-order valence-corrected chi connectivity index (χ1v) is 2.70. The lowest BCUT2D eigenvalue weighted by Gasteiger charge is -2.03. The van der Waals surface area contributed by atoms with Gasteiger partial charge in [-0.3, -0.25) is 4.79 Å². The molecule has 0 unspecified atom stereocenters. The Balaban J connectivity index is 4.04. The van der Waals surface area contributed by atoms with Crippen molar-refractivity contribution in [1.29, 1.82) is 0 Å². The first kappa shape index (κ1) is 8.17. The summed E-state index contributed by atoms with van der Waals surface area (Å²) in [6.45, 7) is 3.46. The predicted octanol–water partition coefficient (Wildman–Crippen LogP) is 0.365. The van der Waals surface area contributed by atoms with E-state index in [1.807, 2.05) is 0 Å². The van der Waals surface area contributed by atoms with E-state index < -0.39 is 12.0 Å². The van der Waals surface area contributed by atoms with E-state index in [1.165, 1.54) is 0 Å². The maximum absolute atomic E-state index is 10.1. The molecule has 0 rings (SSSR count). The quantitative estimate of drug-likeness (QED) is 0.529. The maximum Gasteiger partial charge on any atom is 0.324 e. The topological polar surface area (TPSA) is 63.3 Å². The molecule has 0 aromatic rings. The normalized spacial score (nSPS) is 15.2. The van der Waals surface area contributed by atoms with Crippen LogP contribution >= 0.6 is 0 Å². The summed E-state index contributed by atoms with van der Waals surface area (Å²) in [6, 6.07) is -0.838. The predicted molar refractivity (Wildman–Crippen MR) is 35.0 cm³/mol. The van der Waals surface area contributed by atoms with Crippen molar-refractivity contribution >= 4 is 5.97 Å². The van der Waals surface area contributed by atoms with Crippen molar-refractivity contribution in [3.8, 4) is 0 Å². The van der Waals surface area contributed by atoms with Gasteiger partial charge in [0.05, 0.1) is 0 Å². The Morgan fingerprint density at radius 3 is 2.33 bits per heavy atom. The third-order valence-corrected chi connectivity index (χ3v) is 1.21. The Morgan fingerprint density at radius 2 is 2.22 bits per heavy atom. The average molecular weight is 129 g/mol. The van der Waals surface area contributed by atoms with Crippen molar-refractivity contribution in [3.63, 3.8) is 0 Å².